The molecule has 6 nitrogen and oxygen atoms in total. The van der Waals surface area contributed by atoms with Gasteiger partial charge in [0.15, 0.2) is 5.17 Å². The van der Waals surface area contributed by atoms with Gasteiger partial charge in [0.2, 0.25) is 11.8 Å². The van der Waals surface area contributed by atoms with Crippen LogP contribution in [0.25, 0.3) is 0 Å². The van der Waals surface area contributed by atoms with Crippen LogP contribution in [0.2, 0.25) is 10.0 Å². The molecule has 188 valence electrons. The lowest BCUT2D eigenvalue weighted by molar-refractivity contribution is -0.121. The van der Waals surface area contributed by atoms with E-state index in [0.29, 0.717) is 22.2 Å². The molecular formula is C27H21BrCl2N4O2S. The molecule has 0 radical (unpaired) electrons. The zero-order valence-electron chi connectivity index (χ0n) is 19.6. The predicted octanol–water partition coefficient (Wildman–Crippen LogP) is 7.22. The van der Waals surface area contributed by atoms with Crippen molar-refractivity contribution in [1.82, 2.24) is 5.01 Å². The van der Waals surface area contributed by atoms with Gasteiger partial charge < -0.3 is 0 Å². The van der Waals surface area contributed by atoms with Crippen LogP contribution in [-0.4, -0.2) is 33.0 Å². The number of rotatable bonds is 4. The lowest BCUT2D eigenvalue weighted by Gasteiger charge is -2.24. The first-order chi connectivity index (χ1) is 17.7. The van der Waals surface area contributed by atoms with Crippen LogP contribution in [0.1, 0.15) is 35.6 Å². The number of benzene rings is 3. The van der Waals surface area contributed by atoms with E-state index in [2.05, 4.69) is 15.9 Å². The van der Waals surface area contributed by atoms with E-state index in [-0.39, 0.29) is 23.5 Å². The molecule has 3 aromatic carbocycles. The maximum absolute atomic E-state index is 13.2. The van der Waals surface area contributed by atoms with Gasteiger partial charge in [-0.3, -0.25) is 15.0 Å². The molecule has 2 aliphatic rings. The number of thioether (sulfide) groups is 1. The van der Waals surface area contributed by atoms with E-state index in [9.17, 15) is 9.59 Å². The molecule has 2 heterocycles. The first-order valence-corrected chi connectivity index (χ1v) is 13.9. The van der Waals surface area contributed by atoms with Crippen molar-refractivity contribution in [3.05, 3.63) is 97.9 Å². The molecular weight excluding hydrogens is 595 g/mol. The molecule has 1 saturated heterocycles. The van der Waals surface area contributed by atoms with Crippen molar-refractivity contribution in [2.75, 3.05) is 4.90 Å². The van der Waals surface area contributed by atoms with Crippen LogP contribution < -0.4 is 4.90 Å². The van der Waals surface area contributed by atoms with Crippen LogP contribution in [0.4, 0.5) is 5.69 Å². The highest BCUT2D eigenvalue weighted by Gasteiger charge is 2.42. The van der Waals surface area contributed by atoms with Gasteiger partial charge >= 0.3 is 0 Å². The number of hydrazone groups is 1. The van der Waals surface area contributed by atoms with Gasteiger partial charge in [-0.15, -0.1) is 0 Å². The van der Waals surface area contributed by atoms with Crippen molar-refractivity contribution in [3.63, 3.8) is 0 Å². The number of anilines is 1. The standard InChI is InChI=1S/C27H21BrCl2N4O2S/c1-15-2-4-16(5-3-15)22-13-23(17-6-8-18(28)9-7-17)34(32-22)27(31)37-24-14-25(35)33(26(24)36)21-11-19(29)10-20(30)12-21/h2-12,23-24,31H,13-14H2,1H3/t23-,24-/m0/s1. The van der Waals surface area contributed by atoms with Gasteiger partial charge in [0, 0.05) is 27.4 Å². The van der Waals surface area contributed by atoms with E-state index in [1.54, 1.807) is 11.1 Å². The Kier molecular flexibility index (Phi) is 7.45. The Morgan fingerprint density at radius 3 is 2.30 bits per heavy atom. The second-order valence-corrected chi connectivity index (χ2v) is 11.8. The molecule has 2 atom stereocenters. The van der Waals surface area contributed by atoms with Crippen molar-refractivity contribution in [2.24, 2.45) is 5.10 Å². The topological polar surface area (TPSA) is 76.8 Å². The Morgan fingerprint density at radius 2 is 1.65 bits per heavy atom. The SMILES string of the molecule is Cc1ccc(C2=NN(C(=N)S[C@H]3CC(=O)N(c4cc(Cl)cc(Cl)c4)C3=O)[C@H](c3ccc(Br)cc3)C2)cc1. The van der Waals surface area contributed by atoms with Crippen molar-refractivity contribution >= 4 is 79.3 Å². The Balaban J connectivity index is 1.40. The van der Waals surface area contributed by atoms with E-state index in [1.165, 1.54) is 12.1 Å². The summed E-state index contributed by atoms with van der Waals surface area (Å²) in [4.78, 5) is 27.1. The second kappa shape index (κ2) is 10.6. The maximum Gasteiger partial charge on any atom is 0.247 e. The third kappa shape index (κ3) is 5.48. The fourth-order valence-electron chi connectivity index (χ4n) is 4.39. The number of imide groups is 1. The number of hydrogen-bond donors (Lipinski definition) is 1. The average molecular weight is 616 g/mol. The van der Waals surface area contributed by atoms with E-state index < -0.39 is 11.2 Å². The highest BCUT2D eigenvalue weighted by atomic mass is 79.9. The predicted molar refractivity (Wildman–Crippen MR) is 154 cm³/mol. The molecule has 0 spiro atoms. The zero-order valence-corrected chi connectivity index (χ0v) is 23.5. The van der Waals surface area contributed by atoms with E-state index in [1.807, 2.05) is 55.5 Å². The summed E-state index contributed by atoms with van der Waals surface area (Å²) in [5.74, 6) is -0.761. The highest BCUT2D eigenvalue weighted by Crippen LogP contribution is 2.38. The second-order valence-electron chi connectivity index (χ2n) is 8.84. The molecule has 5 rings (SSSR count). The van der Waals surface area contributed by atoms with Crippen LogP contribution in [0, 0.1) is 12.3 Å². The minimum absolute atomic E-state index is 0.0265. The van der Waals surface area contributed by atoms with Gasteiger partial charge in [-0.2, -0.15) is 5.10 Å². The van der Waals surface area contributed by atoms with Crippen molar-refractivity contribution in [1.29, 1.82) is 5.41 Å². The van der Waals surface area contributed by atoms with Gasteiger partial charge in [0.25, 0.3) is 0 Å². The van der Waals surface area contributed by atoms with Gasteiger partial charge in [-0.05, 0) is 48.4 Å². The summed E-state index contributed by atoms with van der Waals surface area (Å²) < 4.78 is 0.959. The monoisotopic (exact) mass is 614 g/mol. The van der Waals surface area contributed by atoms with Crippen LogP contribution in [0.15, 0.2) is 76.3 Å². The van der Waals surface area contributed by atoms with E-state index >= 15 is 0 Å². The fraction of sp³-hybridized carbons (Fsp3) is 0.185. The molecule has 0 saturated carbocycles. The molecule has 2 amide bonds. The number of aryl methyl sites for hydroxylation is 1. The number of hydrogen-bond acceptors (Lipinski definition) is 5. The van der Waals surface area contributed by atoms with Crippen LogP contribution in [0.5, 0.6) is 0 Å². The molecule has 0 unspecified atom stereocenters. The summed E-state index contributed by atoms with van der Waals surface area (Å²) in [6, 6.07) is 20.4. The van der Waals surface area contributed by atoms with E-state index in [4.69, 9.17) is 33.7 Å². The third-order valence-electron chi connectivity index (χ3n) is 6.22. The van der Waals surface area contributed by atoms with Gasteiger partial charge in [-0.25, -0.2) is 9.91 Å². The molecule has 0 aliphatic carbocycles. The number of nitrogens with one attached hydrogen (secondary N) is 1. The number of carbonyl (C=O) groups excluding carboxylic acids is 2. The number of amides is 2. The lowest BCUT2D eigenvalue weighted by atomic mass is 9.98. The lowest BCUT2D eigenvalue weighted by Crippen LogP contribution is -2.32. The van der Waals surface area contributed by atoms with Crippen molar-refractivity contribution in [2.45, 2.75) is 31.1 Å². The quantitative estimate of drug-likeness (QED) is 0.191. The summed E-state index contributed by atoms with van der Waals surface area (Å²) in [5.41, 5.74) is 4.34. The summed E-state index contributed by atoms with van der Waals surface area (Å²) in [5, 5.41) is 15.4. The number of nitrogens with zero attached hydrogens (tertiary/aromatic N) is 3. The summed E-state index contributed by atoms with van der Waals surface area (Å²) in [6.45, 7) is 2.03. The smallest absolute Gasteiger partial charge is 0.247 e. The molecule has 1 fully saturated rings. The van der Waals surface area contributed by atoms with Crippen LogP contribution >= 0.6 is 50.9 Å². The largest absolute Gasteiger partial charge is 0.277 e. The molecule has 2 aliphatic heterocycles. The van der Waals surface area contributed by atoms with Gasteiger partial charge in [0.1, 0.15) is 5.25 Å². The minimum atomic E-state index is -0.748. The van der Waals surface area contributed by atoms with Crippen LogP contribution in [0.3, 0.4) is 0 Å². The molecule has 0 aromatic heterocycles. The fourth-order valence-corrected chi connectivity index (χ4v) is 6.14. The highest BCUT2D eigenvalue weighted by molar-refractivity contribution is 9.10. The Labute approximate surface area is 237 Å². The summed E-state index contributed by atoms with van der Waals surface area (Å²) in [6.07, 6.45) is 0.583. The van der Waals surface area contributed by atoms with Gasteiger partial charge in [0.05, 0.1) is 17.4 Å². The Hall–Kier alpha value is -2.65. The number of halogens is 3. The first kappa shape index (κ1) is 26.0. The minimum Gasteiger partial charge on any atom is -0.277 e. The zero-order chi connectivity index (χ0) is 26.3. The average Bonchev–Trinajstić information content (AvgIpc) is 3.40. The number of amidine groups is 1. The molecule has 1 N–H and O–H groups in total. The molecule has 37 heavy (non-hydrogen) atoms. The Bertz CT molecular complexity index is 1410. The van der Waals surface area contributed by atoms with Gasteiger partial charge in [-0.1, -0.05) is 92.9 Å². The Morgan fingerprint density at radius 1 is 1.00 bits per heavy atom. The maximum atomic E-state index is 13.2. The van der Waals surface area contributed by atoms with Crippen LogP contribution in [-0.2, 0) is 9.59 Å². The molecule has 10 heteroatoms. The molecule has 0 bridgehead atoms. The number of carbonyl (C=O) groups is 2. The van der Waals surface area contributed by atoms with Crippen molar-refractivity contribution in [3.8, 4) is 0 Å². The van der Waals surface area contributed by atoms with E-state index in [0.717, 1.165) is 43.5 Å². The third-order valence-corrected chi connectivity index (χ3v) is 8.25. The summed E-state index contributed by atoms with van der Waals surface area (Å²) >= 11 is 16.7. The molecule has 3 aromatic rings. The first-order valence-electron chi connectivity index (χ1n) is 11.5. The van der Waals surface area contributed by atoms with Crippen molar-refractivity contribution < 1.29 is 9.59 Å². The normalized spacial score (nSPS) is 19.5. The summed E-state index contributed by atoms with van der Waals surface area (Å²) in [7, 11) is 0.